The minimum atomic E-state index is -3.27. The number of nitrogens with zero attached hydrogens (tertiary/aromatic N) is 5. The smallest absolute Gasteiger partial charge is 0.278 e. The predicted molar refractivity (Wildman–Crippen MR) is 155 cm³/mol. The van der Waals surface area contributed by atoms with Gasteiger partial charge in [-0.2, -0.15) is 5.26 Å². The second-order valence-corrected chi connectivity index (χ2v) is 12.2. The third-order valence-corrected chi connectivity index (χ3v) is 9.38. The highest BCUT2D eigenvalue weighted by Gasteiger charge is 2.48. The van der Waals surface area contributed by atoms with Crippen LogP contribution >= 0.6 is 0 Å². The van der Waals surface area contributed by atoms with Crippen molar-refractivity contribution >= 4 is 16.9 Å². The first-order chi connectivity index (χ1) is 20.2. The maximum atomic E-state index is 15.7. The number of anilines is 1. The predicted octanol–water partition coefficient (Wildman–Crippen LogP) is 6.17. The Morgan fingerprint density at radius 2 is 1.71 bits per heavy atom. The van der Waals surface area contributed by atoms with E-state index in [0.717, 1.165) is 38.6 Å². The van der Waals surface area contributed by atoms with Crippen LogP contribution in [0, 0.1) is 30.0 Å². The normalized spacial score (nSPS) is 24.0. The van der Waals surface area contributed by atoms with Gasteiger partial charge in [0.15, 0.2) is 0 Å². The molecule has 8 bridgehead atoms. The van der Waals surface area contributed by atoms with E-state index in [-0.39, 0.29) is 17.7 Å². The topological polar surface area (TPSA) is 86.8 Å². The van der Waals surface area contributed by atoms with Crippen LogP contribution in [0.3, 0.4) is 0 Å². The quantitative estimate of drug-likeness (QED) is 0.372. The van der Waals surface area contributed by atoms with Gasteiger partial charge in [-0.15, -0.1) is 0 Å². The summed E-state index contributed by atoms with van der Waals surface area (Å²) in [6.07, 6.45) is 6.67. The first kappa shape index (κ1) is 28.7. The van der Waals surface area contributed by atoms with Gasteiger partial charge in [0.05, 0.1) is 22.4 Å². The molecule has 0 spiro atoms. The lowest BCUT2D eigenvalue weighted by molar-refractivity contribution is -0.0880. The largest absolute Gasteiger partial charge is 0.365 e. The Labute approximate surface area is 243 Å². The number of fused-ring (bicyclic) bond motifs is 9. The number of aromatic nitrogens is 3. The van der Waals surface area contributed by atoms with Gasteiger partial charge < -0.3 is 10.2 Å². The van der Waals surface area contributed by atoms with Crippen LogP contribution < -0.4 is 10.9 Å². The third-order valence-electron chi connectivity index (χ3n) is 9.38. The van der Waals surface area contributed by atoms with Crippen LogP contribution in [0.5, 0.6) is 0 Å². The fourth-order valence-electron chi connectivity index (χ4n) is 6.63. The van der Waals surface area contributed by atoms with Crippen LogP contribution in [0.15, 0.2) is 29.1 Å². The molecule has 1 saturated carbocycles. The molecule has 5 heterocycles. The SMILES string of the molecule is Cc1nc2c3cc(C4(C#N)CC4)c(=O)n(c3n1)CCCCCCCN1CCC(CC1)C(F)(F)c1cccc(c1F)CN2. The first-order valence-corrected chi connectivity index (χ1v) is 15.2. The van der Waals surface area contributed by atoms with Gasteiger partial charge in [-0.3, -0.25) is 9.36 Å². The molecule has 4 aliphatic rings. The van der Waals surface area contributed by atoms with E-state index in [1.165, 1.54) is 18.2 Å². The van der Waals surface area contributed by atoms with E-state index in [0.29, 0.717) is 73.6 Å². The molecule has 0 radical (unpaired) electrons. The maximum absolute atomic E-state index is 15.7. The van der Waals surface area contributed by atoms with Crippen molar-refractivity contribution in [2.45, 2.75) is 89.1 Å². The zero-order valence-electron chi connectivity index (χ0n) is 24.1. The fourth-order valence-corrected chi connectivity index (χ4v) is 6.63. The summed E-state index contributed by atoms with van der Waals surface area (Å²) in [4.78, 5) is 25.1. The minimum absolute atomic E-state index is 0.0718. The number of rotatable bonds is 1. The summed E-state index contributed by atoms with van der Waals surface area (Å²) < 4.78 is 48.8. The third kappa shape index (κ3) is 5.28. The van der Waals surface area contributed by atoms with Crippen molar-refractivity contribution in [1.29, 1.82) is 5.26 Å². The lowest BCUT2D eigenvalue weighted by atomic mass is 9.85. The zero-order chi connectivity index (χ0) is 29.5. The Morgan fingerprint density at radius 1 is 1.00 bits per heavy atom. The van der Waals surface area contributed by atoms with Crippen molar-refractivity contribution in [3.05, 3.63) is 63.0 Å². The summed E-state index contributed by atoms with van der Waals surface area (Å²) in [5.41, 5.74) is -0.567. The lowest BCUT2D eigenvalue weighted by Crippen LogP contribution is -2.40. The highest BCUT2D eigenvalue weighted by Crippen LogP contribution is 2.47. The Hall–Kier alpha value is -3.45. The molecule has 1 aliphatic carbocycles. The molecule has 2 aromatic heterocycles. The van der Waals surface area contributed by atoms with Crippen LogP contribution in [0.1, 0.15) is 80.3 Å². The van der Waals surface area contributed by atoms with Gasteiger partial charge in [-0.1, -0.05) is 37.5 Å². The number of halogens is 3. The summed E-state index contributed by atoms with van der Waals surface area (Å²) >= 11 is 0. The molecule has 1 aromatic carbocycles. The molecular weight excluding hydrogens is 541 g/mol. The standard InChI is InChI=1S/C32H37F3N6O/c1-21-38-28-24-18-26(31(20-36)12-13-31)30(42)41(29(24)39-21)15-6-4-2-3-5-14-40-16-10-23(11-17-40)32(34,35)25-9-7-8-22(19-37-28)27(25)33/h7-9,18,23H,2-6,10-17,19H2,1H3,(H,37,38,39). The number of piperidine rings is 1. The van der Waals surface area contributed by atoms with E-state index < -0.39 is 28.6 Å². The summed E-state index contributed by atoms with van der Waals surface area (Å²) in [7, 11) is 0. The van der Waals surface area contributed by atoms with Gasteiger partial charge in [0.2, 0.25) is 0 Å². The monoisotopic (exact) mass is 578 g/mol. The molecule has 10 heteroatoms. The number of benzene rings is 1. The maximum Gasteiger partial charge on any atom is 0.278 e. The number of aryl methyl sites for hydroxylation is 2. The molecular formula is C32H37F3N6O. The minimum Gasteiger partial charge on any atom is -0.365 e. The average Bonchev–Trinajstić information content (AvgIpc) is 3.77. The summed E-state index contributed by atoms with van der Waals surface area (Å²) in [6, 6.07) is 8.23. The highest BCUT2D eigenvalue weighted by molar-refractivity contribution is 5.87. The number of hydrogen-bond donors (Lipinski definition) is 1. The molecule has 2 fully saturated rings. The summed E-state index contributed by atoms with van der Waals surface area (Å²) in [6.45, 7) is 4.18. The molecule has 1 saturated heterocycles. The lowest BCUT2D eigenvalue weighted by Gasteiger charge is -2.36. The van der Waals surface area contributed by atoms with Gasteiger partial charge in [-0.25, -0.2) is 23.1 Å². The average molecular weight is 579 g/mol. The number of nitrogens with one attached hydrogen (secondary N) is 1. The van der Waals surface area contributed by atoms with Crippen molar-refractivity contribution in [2.24, 2.45) is 5.92 Å². The van der Waals surface area contributed by atoms with E-state index in [1.807, 2.05) is 0 Å². The summed E-state index contributed by atoms with van der Waals surface area (Å²) in [5, 5.41) is 13.6. The van der Waals surface area contributed by atoms with Crippen molar-refractivity contribution in [1.82, 2.24) is 19.4 Å². The Bertz CT molecular complexity index is 1580. The molecule has 42 heavy (non-hydrogen) atoms. The van der Waals surface area contributed by atoms with Gasteiger partial charge in [0, 0.05) is 30.1 Å². The molecule has 0 atom stereocenters. The van der Waals surface area contributed by atoms with Crippen molar-refractivity contribution in [3.8, 4) is 6.07 Å². The van der Waals surface area contributed by atoms with Gasteiger partial charge in [-0.05, 0) is 71.1 Å². The molecule has 0 amide bonds. The second kappa shape index (κ2) is 11.3. The molecule has 222 valence electrons. The fraction of sp³-hybridized carbons (Fsp3) is 0.562. The number of alkyl halides is 2. The first-order valence-electron chi connectivity index (χ1n) is 15.2. The van der Waals surface area contributed by atoms with Crippen LogP contribution in [-0.2, 0) is 24.4 Å². The molecule has 7 rings (SSSR count). The highest BCUT2D eigenvalue weighted by atomic mass is 19.3. The van der Waals surface area contributed by atoms with Crippen molar-refractivity contribution < 1.29 is 13.2 Å². The van der Waals surface area contributed by atoms with Crippen molar-refractivity contribution in [3.63, 3.8) is 0 Å². The Morgan fingerprint density at radius 3 is 2.43 bits per heavy atom. The zero-order valence-corrected chi connectivity index (χ0v) is 24.1. The van der Waals surface area contributed by atoms with Crippen LogP contribution in [0.2, 0.25) is 0 Å². The van der Waals surface area contributed by atoms with Gasteiger partial charge >= 0.3 is 0 Å². The number of hydrogen-bond acceptors (Lipinski definition) is 6. The van der Waals surface area contributed by atoms with E-state index in [9.17, 15) is 10.1 Å². The molecule has 3 aromatic rings. The van der Waals surface area contributed by atoms with E-state index in [4.69, 9.17) is 0 Å². The number of pyridine rings is 1. The van der Waals surface area contributed by atoms with E-state index >= 15 is 13.2 Å². The molecule has 1 N–H and O–H groups in total. The molecule has 7 nitrogen and oxygen atoms in total. The Balaban J connectivity index is 1.42. The van der Waals surface area contributed by atoms with Gasteiger partial charge in [0.25, 0.3) is 11.5 Å². The second-order valence-electron chi connectivity index (χ2n) is 12.2. The van der Waals surface area contributed by atoms with Gasteiger partial charge in [0.1, 0.15) is 23.1 Å². The Kier molecular flexibility index (Phi) is 7.73. The van der Waals surface area contributed by atoms with Crippen LogP contribution in [-0.4, -0.2) is 39.1 Å². The number of nitriles is 1. The van der Waals surface area contributed by atoms with Crippen LogP contribution in [0.4, 0.5) is 19.0 Å². The summed E-state index contributed by atoms with van der Waals surface area (Å²) in [5.74, 6) is -4.27. The van der Waals surface area contributed by atoms with Crippen molar-refractivity contribution in [2.75, 3.05) is 25.0 Å². The molecule has 0 unspecified atom stereocenters. The molecule has 3 aliphatic heterocycles. The van der Waals surface area contributed by atoms with E-state index in [2.05, 4.69) is 26.3 Å². The van der Waals surface area contributed by atoms with Crippen LogP contribution in [0.25, 0.3) is 11.0 Å². The van der Waals surface area contributed by atoms with E-state index in [1.54, 1.807) is 17.6 Å².